The van der Waals surface area contributed by atoms with Crippen LogP contribution in [0.1, 0.15) is 32.9 Å². The van der Waals surface area contributed by atoms with Gasteiger partial charge in [-0.05, 0) is 36.8 Å². The molecule has 0 spiro atoms. The first kappa shape index (κ1) is 23.5. The van der Waals surface area contributed by atoms with Gasteiger partial charge in [-0.2, -0.15) is 0 Å². The van der Waals surface area contributed by atoms with Gasteiger partial charge in [0.25, 0.3) is 5.91 Å². The summed E-state index contributed by atoms with van der Waals surface area (Å²) in [5.41, 5.74) is 3.26. The molecule has 0 atom stereocenters. The molecule has 0 aliphatic heterocycles. The maximum Gasteiger partial charge on any atom is 0.269 e. The number of benzene rings is 2. The van der Waals surface area contributed by atoms with Crippen molar-refractivity contribution in [1.82, 2.24) is 15.3 Å². The zero-order valence-electron chi connectivity index (χ0n) is 18.4. The average Bonchev–Trinajstić information content (AvgIpc) is 3.44. The van der Waals surface area contributed by atoms with Crippen molar-refractivity contribution in [3.05, 3.63) is 80.9 Å². The van der Waals surface area contributed by atoms with Gasteiger partial charge >= 0.3 is 0 Å². The Balaban J connectivity index is 1.37. The zero-order chi connectivity index (χ0) is 24.1. The van der Waals surface area contributed by atoms with Crippen LogP contribution in [-0.4, -0.2) is 21.8 Å². The lowest BCUT2D eigenvalue weighted by molar-refractivity contribution is -0.119. The maximum atomic E-state index is 13.0. The molecule has 0 radical (unpaired) electrons. The van der Waals surface area contributed by atoms with Crippen LogP contribution in [0, 0.1) is 12.7 Å². The Kier molecular flexibility index (Phi) is 7.29. The molecule has 4 rings (SSSR count). The lowest BCUT2D eigenvalue weighted by Crippen LogP contribution is -2.18. The Morgan fingerprint density at radius 3 is 2.50 bits per heavy atom. The zero-order valence-corrected chi connectivity index (χ0v) is 20.1. The quantitative estimate of drug-likeness (QED) is 0.351. The van der Waals surface area contributed by atoms with Crippen LogP contribution in [0.4, 0.5) is 9.52 Å². The molecule has 2 aromatic carbocycles. The molecule has 2 amide bonds. The van der Waals surface area contributed by atoms with E-state index in [0.717, 1.165) is 16.8 Å². The first-order chi connectivity index (χ1) is 16.4. The van der Waals surface area contributed by atoms with Gasteiger partial charge in [0.15, 0.2) is 5.13 Å². The normalized spacial score (nSPS) is 10.7. The number of anilines is 1. The van der Waals surface area contributed by atoms with Crippen molar-refractivity contribution in [3.63, 3.8) is 0 Å². The van der Waals surface area contributed by atoms with Crippen LogP contribution in [0.5, 0.6) is 5.75 Å². The Bertz CT molecular complexity index is 1300. The van der Waals surface area contributed by atoms with Crippen LogP contribution >= 0.6 is 22.7 Å². The van der Waals surface area contributed by atoms with Crippen LogP contribution < -0.4 is 15.4 Å². The van der Waals surface area contributed by atoms with Gasteiger partial charge in [-0.3, -0.25) is 14.9 Å². The number of thiazole rings is 2. The number of carbonyl (C=O) groups excluding carboxylic acids is 2. The highest BCUT2D eigenvalue weighted by molar-refractivity contribution is 7.15. The number of hydrogen-bond donors (Lipinski definition) is 2. The van der Waals surface area contributed by atoms with Crippen LogP contribution in [0.25, 0.3) is 11.3 Å². The molecule has 34 heavy (non-hydrogen) atoms. The fourth-order valence-corrected chi connectivity index (χ4v) is 4.63. The van der Waals surface area contributed by atoms with Crippen molar-refractivity contribution >= 4 is 39.6 Å². The minimum Gasteiger partial charge on any atom is -0.486 e. The topological polar surface area (TPSA) is 93.2 Å². The van der Waals surface area contributed by atoms with Gasteiger partial charge in [-0.1, -0.05) is 24.3 Å². The van der Waals surface area contributed by atoms with E-state index in [1.165, 1.54) is 41.7 Å². The summed E-state index contributed by atoms with van der Waals surface area (Å²) in [7, 11) is 0. The van der Waals surface area contributed by atoms with Crippen molar-refractivity contribution in [2.45, 2.75) is 27.0 Å². The summed E-state index contributed by atoms with van der Waals surface area (Å²) in [6.45, 7) is 3.90. The van der Waals surface area contributed by atoms with Gasteiger partial charge in [-0.15, -0.1) is 22.7 Å². The lowest BCUT2D eigenvalue weighted by atomic mass is 10.1. The Morgan fingerprint density at radius 1 is 1.06 bits per heavy atom. The van der Waals surface area contributed by atoms with Gasteiger partial charge in [0.1, 0.15) is 28.1 Å². The van der Waals surface area contributed by atoms with E-state index < -0.39 is 0 Å². The van der Waals surface area contributed by atoms with Crippen LogP contribution in [0.3, 0.4) is 0 Å². The van der Waals surface area contributed by atoms with Crippen molar-refractivity contribution in [1.29, 1.82) is 0 Å². The van der Waals surface area contributed by atoms with Crippen molar-refractivity contribution in [2.24, 2.45) is 0 Å². The monoisotopic (exact) mass is 496 g/mol. The van der Waals surface area contributed by atoms with Gasteiger partial charge in [0.2, 0.25) is 5.91 Å². The SMILES string of the molecule is CC(=O)NCc1ccc(-c2csc(NC(=O)c3sc(COc4ccc(F)cc4)nc3C)n2)cc1. The van der Waals surface area contributed by atoms with E-state index in [-0.39, 0.29) is 24.2 Å². The number of carbonyl (C=O) groups is 2. The summed E-state index contributed by atoms with van der Waals surface area (Å²) >= 11 is 2.58. The number of hydrogen-bond acceptors (Lipinski definition) is 7. The second-order valence-corrected chi connectivity index (χ2v) is 9.31. The molecule has 0 aliphatic rings. The standard InChI is InChI=1S/C24H21FN4O3S2/c1-14-22(34-21(27-14)12-32-19-9-7-18(25)8-10-19)23(31)29-24-28-20(13-33-24)17-5-3-16(4-6-17)11-26-15(2)30/h3-10,13H,11-12H2,1-2H3,(H,26,30)(H,28,29,31). The number of nitrogens with zero attached hydrogens (tertiary/aromatic N) is 2. The number of halogens is 1. The van der Waals surface area contributed by atoms with Crippen LogP contribution in [-0.2, 0) is 17.9 Å². The molecule has 2 N–H and O–H groups in total. The maximum absolute atomic E-state index is 13.0. The van der Waals surface area contributed by atoms with Gasteiger partial charge in [0, 0.05) is 24.4 Å². The lowest BCUT2D eigenvalue weighted by Gasteiger charge is -2.03. The highest BCUT2D eigenvalue weighted by Gasteiger charge is 2.17. The summed E-state index contributed by atoms with van der Waals surface area (Å²) in [5.74, 6) is -0.165. The Morgan fingerprint density at radius 2 is 1.79 bits per heavy atom. The molecule has 0 bridgehead atoms. The Hall–Kier alpha value is -3.63. The molecule has 7 nitrogen and oxygen atoms in total. The summed E-state index contributed by atoms with van der Waals surface area (Å²) in [5, 5.41) is 8.60. The molecule has 0 saturated heterocycles. The van der Waals surface area contributed by atoms with E-state index >= 15 is 0 Å². The molecule has 2 heterocycles. The number of nitrogens with one attached hydrogen (secondary N) is 2. The smallest absolute Gasteiger partial charge is 0.269 e. The highest BCUT2D eigenvalue weighted by atomic mass is 32.1. The third-order valence-electron chi connectivity index (χ3n) is 4.74. The average molecular weight is 497 g/mol. The van der Waals surface area contributed by atoms with Gasteiger partial charge in [0.05, 0.1) is 11.4 Å². The molecular formula is C24H21FN4O3S2. The van der Waals surface area contributed by atoms with E-state index in [1.54, 1.807) is 19.1 Å². The fraction of sp³-hybridized carbons (Fsp3) is 0.167. The predicted molar refractivity (Wildman–Crippen MR) is 131 cm³/mol. The molecule has 0 unspecified atom stereocenters. The minimum atomic E-state index is -0.333. The summed E-state index contributed by atoms with van der Waals surface area (Å²) in [6.07, 6.45) is 0. The van der Waals surface area contributed by atoms with Gasteiger partial charge < -0.3 is 10.1 Å². The van der Waals surface area contributed by atoms with Crippen molar-refractivity contribution in [3.8, 4) is 17.0 Å². The molecule has 4 aromatic rings. The number of aryl methyl sites for hydroxylation is 1. The summed E-state index contributed by atoms with van der Waals surface area (Å²) in [4.78, 5) is 33.2. The number of aromatic nitrogens is 2. The molecule has 0 aliphatic carbocycles. The first-order valence-electron chi connectivity index (χ1n) is 10.3. The first-order valence-corrected chi connectivity index (χ1v) is 12.0. The second kappa shape index (κ2) is 10.5. The molecule has 2 aromatic heterocycles. The molecule has 174 valence electrons. The largest absolute Gasteiger partial charge is 0.486 e. The molecule has 0 saturated carbocycles. The fourth-order valence-electron chi connectivity index (χ4n) is 3.04. The van der Waals surface area contributed by atoms with E-state index in [4.69, 9.17) is 4.74 Å². The second-order valence-electron chi connectivity index (χ2n) is 7.36. The molecule has 10 heteroatoms. The van der Waals surface area contributed by atoms with E-state index in [0.29, 0.717) is 33.0 Å². The number of rotatable bonds is 8. The number of ether oxygens (including phenoxy) is 1. The Labute approximate surface area is 203 Å². The van der Waals surface area contributed by atoms with Crippen molar-refractivity contribution in [2.75, 3.05) is 5.32 Å². The van der Waals surface area contributed by atoms with Crippen LogP contribution in [0.2, 0.25) is 0 Å². The van der Waals surface area contributed by atoms with E-state index in [1.807, 2.05) is 29.6 Å². The number of amides is 2. The van der Waals surface area contributed by atoms with E-state index in [9.17, 15) is 14.0 Å². The molecular weight excluding hydrogens is 475 g/mol. The van der Waals surface area contributed by atoms with Crippen molar-refractivity contribution < 1.29 is 18.7 Å². The van der Waals surface area contributed by atoms with E-state index in [2.05, 4.69) is 20.6 Å². The highest BCUT2D eigenvalue weighted by Crippen LogP contribution is 2.27. The van der Waals surface area contributed by atoms with Gasteiger partial charge in [-0.25, -0.2) is 14.4 Å². The summed E-state index contributed by atoms with van der Waals surface area (Å²) in [6, 6.07) is 13.4. The van der Waals surface area contributed by atoms with Crippen LogP contribution in [0.15, 0.2) is 53.9 Å². The third kappa shape index (κ3) is 6.03. The third-order valence-corrected chi connectivity index (χ3v) is 6.63. The molecule has 0 fully saturated rings. The minimum absolute atomic E-state index is 0.0762. The predicted octanol–water partition coefficient (Wildman–Crippen LogP) is 5.18. The summed E-state index contributed by atoms with van der Waals surface area (Å²) < 4.78 is 18.6.